The van der Waals surface area contributed by atoms with Crippen molar-refractivity contribution in [2.75, 3.05) is 0 Å². The molecule has 1 nitrogen and oxygen atoms in total. The smallest absolute Gasteiger partial charge is 0.0451 e. The zero-order chi connectivity index (χ0) is 14.5. The predicted molar refractivity (Wildman–Crippen MR) is 87.8 cm³/mol. The van der Waals surface area contributed by atoms with Gasteiger partial charge in [-0.05, 0) is 47.9 Å². The molecule has 4 heteroatoms. The monoisotopic (exact) mass is 327 g/mol. The van der Waals surface area contributed by atoms with Crippen molar-refractivity contribution < 1.29 is 0 Å². The zero-order valence-corrected chi connectivity index (χ0v) is 13.4. The highest BCUT2D eigenvalue weighted by molar-refractivity contribution is 6.33. The van der Waals surface area contributed by atoms with Crippen LogP contribution in [-0.4, -0.2) is 0 Å². The van der Waals surface area contributed by atoms with Crippen molar-refractivity contribution in [3.05, 3.63) is 68.7 Å². The van der Waals surface area contributed by atoms with Crippen molar-refractivity contribution in [1.82, 2.24) is 5.32 Å². The van der Waals surface area contributed by atoms with Gasteiger partial charge in [0.1, 0.15) is 0 Å². The standard InChI is InChI=1S/C16H16Cl3N/c1-2-16(11-3-5-13(17)6-4-11)20-10-12-9-14(18)7-8-15(12)19/h3-9,16,20H,2,10H2,1H3. The van der Waals surface area contributed by atoms with Gasteiger partial charge in [0, 0.05) is 27.7 Å². The van der Waals surface area contributed by atoms with Gasteiger partial charge in [-0.15, -0.1) is 0 Å². The molecule has 1 atom stereocenters. The lowest BCUT2D eigenvalue weighted by Crippen LogP contribution is -2.20. The average Bonchev–Trinajstić information content (AvgIpc) is 2.45. The van der Waals surface area contributed by atoms with Crippen molar-refractivity contribution in [2.24, 2.45) is 0 Å². The van der Waals surface area contributed by atoms with E-state index in [0.717, 1.165) is 22.0 Å². The van der Waals surface area contributed by atoms with Crippen LogP contribution in [0.25, 0.3) is 0 Å². The Hall–Kier alpha value is -0.730. The van der Waals surface area contributed by atoms with E-state index in [-0.39, 0.29) is 6.04 Å². The summed E-state index contributed by atoms with van der Waals surface area (Å²) < 4.78 is 0. The first kappa shape index (κ1) is 15.7. The number of nitrogens with one attached hydrogen (secondary N) is 1. The summed E-state index contributed by atoms with van der Waals surface area (Å²) >= 11 is 18.1. The molecule has 2 aromatic carbocycles. The molecule has 0 amide bonds. The van der Waals surface area contributed by atoms with E-state index in [1.54, 1.807) is 6.07 Å². The molecule has 1 N–H and O–H groups in total. The van der Waals surface area contributed by atoms with Gasteiger partial charge in [0.2, 0.25) is 0 Å². The molecule has 0 bridgehead atoms. The summed E-state index contributed by atoms with van der Waals surface area (Å²) in [5, 5.41) is 5.68. The molecule has 0 saturated heterocycles. The van der Waals surface area contributed by atoms with Crippen LogP contribution >= 0.6 is 34.8 Å². The van der Waals surface area contributed by atoms with Gasteiger partial charge in [-0.3, -0.25) is 0 Å². The van der Waals surface area contributed by atoms with Crippen molar-refractivity contribution in [3.63, 3.8) is 0 Å². The molecule has 0 aliphatic rings. The molecule has 0 heterocycles. The molecule has 0 aliphatic carbocycles. The summed E-state index contributed by atoms with van der Waals surface area (Å²) in [6.45, 7) is 2.83. The van der Waals surface area contributed by atoms with Crippen LogP contribution in [0.3, 0.4) is 0 Å². The third-order valence-corrected chi connectivity index (χ3v) is 4.08. The van der Waals surface area contributed by atoms with Crippen LogP contribution in [0.1, 0.15) is 30.5 Å². The highest BCUT2D eigenvalue weighted by Gasteiger charge is 2.10. The second-order valence-corrected chi connectivity index (χ2v) is 5.91. The van der Waals surface area contributed by atoms with E-state index in [1.165, 1.54) is 5.56 Å². The summed E-state index contributed by atoms with van der Waals surface area (Å²) in [5.41, 5.74) is 2.22. The van der Waals surface area contributed by atoms with Gasteiger partial charge in [-0.2, -0.15) is 0 Å². The van der Waals surface area contributed by atoms with Gasteiger partial charge in [0.25, 0.3) is 0 Å². The normalized spacial score (nSPS) is 12.4. The Morgan fingerprint density at radius 1 is 0.950 bits per heavy atom. The maximum atomic E-state index is 6.17. The molecule has 2 rings (SSSR count). The summed E-state index contributed by atoms with van der Waals surface area (Å²) in [7, 11) is 0. The van der Waals surface area contributed by atoms with Crippen molar-refractivity contribution >= 4 is 34.8 Å². The Balaban J connectivity index is 2.07. The molecule has 1 unspecified atom stereocenters. The van der Waals surface area contributed by atoms with Crippen molar-refractivity contribution in [1.29, 1.82) is 0 Å². The van der Waals surface area contributed by atoms with Gasteiger partial charge >= 0.3 is 0 Å². The van der Waals surface area contributed by atoms with Crippen molar-refractivity contribution in [2.45, 2.75) is 25.9 Å². The Morgan fingerprint density at radius 2 is 1.60 bits per heavy atom. The average molecular weight is 329 g/mol. The van der Waals surface area contributed by atoms with E-state index in [2.05, 4.69) is 12.2 Å². The van der Waals surface area contributed by atoms with Crippen LogP contribution in [0.5, 0.6) is 0 Å². The van der Waals surface area contributed by atoms with Gasteiger partial charge in [0.15, 0.2) is 0 Å². The quantitative estimate of drug-likeness (QED) is 0.722. The molecule has 0 saturated carbocycles. The van der Waals surface area contributed by atoms with E-state index in [9.17, 15) is 0 Å². The highest BCUT2D eigenvalue weighted by atomic mass is 35.5. The van der Waals surface area contributed by atoms with Gasteiger partial charge in [-0.25, -0.2) is 0 Å². The fourth-order valence-electron chi connectivity index (χ4n) is 2.10. The van der Waals surface area contributed by atoms with E-state index in [0.29, 0.717) is 11.6 Å². The van der Waals surface area contributed by atoms with E-state index in [1.807, 2.05) is 36.4 Å². The Morgan fingerprint density at radius 3 is 2.25 bits per heavy atom. The lowest BCUT2D eigenvalue weighted by molar-refractivity contribution is 0.519. The number of rotatable bonds is 5. The van der Waals surface area contributed by atoms with Crippen molar-refractivity contribution in [3.8, 4) is 0 Å². The minimum Gasteiger partial charge on any atom is -0.306 e. The number of hydrogen-bond acceptors (Lipinski definition) is 1. The largest absolute Gasteiger partial charge is 0.306 e. The molecule has 20 heavy (non-hydrogen) atoms. The number of hydrogen-bond donors (Lipinski definition) is 1. The molecular weight excluding hydrogens is 313 g/mol. The maximum absolute atomic E-state index is 6.17. The van der Waals surface area contributed by atoms with Gasteiger partial charge in [-0.1, -0.05) is 53.9 Å². The van der Waals surface area contributed by atoms with Gasteiger partial charge < -0.3 is 5.32 Å². The Kier molecular flexibility index (Phi) is 5.74. The van der Waals surface area contributed by atoms with Crippen LogP contribution in [-0.2, 0) is 6.54 Å². The highest BCUT2D eigenvalue weighted by Crippen LogP contribution is 2.23. The van der Waals surface area contributed by atoms with Crippen LogP contribution < -0.4 is 5.32 Å². The number of halogens is 3. The maximum Gasteiger partial charge on any atom is 0.0451 e. The fourth-order valence-corrected chi connectivity index (χ4v) is 2.61. The molecule has 0 spiro atoms. The molecule has 106 valence electrons. The lowest BCUT2D eigenvalue weighted by Gasteiger charge is -2.18. The third-order valence-electron chi connectivity index (χ3n) is 3.23. The summed E-state index contributed by atoms with van der Waals surface area (Å²) in [6, 6.07) is 13.7. The fraction of sp³-hybridized carbons (Fsp3) is 0.250. The summed E-state index contributed by atoms with van der Waals surface area (Å²) in [6.07, 6.45) is 0.986. The van der Waals surface area contributed by atoms with Gasteiger partial charge in [0.05, 0.1) is 0 Å². The number of benzene rings is 2. The van der Waals surface area contributed by atoms with Crippen LogP contribution in [0.4, 0.5) is 0 Å². The Bertz CT molecular complexity index is 566. The minimum absolute atomic E-state index is 0.266. The summed E-state index contributed by atoms with van der Waals surface area (Å²) in [4.78, 5) is 0. The second kappa shape index (κ2) is 7.33. The molecule has 0 aromatic heterocycles. The third kappa shape index (κ3) is 4.13. The van der Waals surface area contributed by atoms with E-state index < -0.39 is 0 Å². The van der Waals surface area contributed by atoms with Crippen LogP contribution in [0.2, 0.25) is 15.1 Å². The van der Waals surface area contributed by atoms with E-state index >= 15 is 0 Å². The van der Waals surface area contributed by atoms with E-state index in [4.69, 9.17) is 34.8 Å². The first-order valence-electron chi connectivity index (χ1n) is 6.53. The summed E-state index contributed by atoms with van der Waals surface area (Å²) in [5.74, 6) is 0. The van der Waals surface area contributed by atoms with Crippen LogP contribution in [0.15, 0.2) is 42.5 Å². The predicted octanol–water partition coefficient (Wildman–Crippen LogP) is 5.89. The lowest BCUT2D eigenvalue weighted by atomic mass is 10.0. The molecule has 0 radical (unpaired) electrons. The molecular formula is C16H16Cl3N. The molecule has 2 aromatic rings. The second-order valence-electron chi connectivity index (χ2n) is 4.63. The minimum atomic E-state index is 0.266. The van der Waals surface area contributed by atoms with Crippen LogP contribution in [0, 0.1) is 0 Å². The first-order valence-corrected chi connectivity index (χ1v) is 7.66. The SMILES string of the molecule is CCC(NCc1cc(Cl)ccc1Cl)c1ccc(Cl)cc1. The topological polar surface area (TPSA) is 12.0 Å². The molecule has 0 fully saturated rings. The first-order chi connectivity index (χ1) is 9.60. The molecule has 0 aliphatic heterocycles. The zero-order valence-electron chi connectivity index (χ0n) is 11.2. The Labute approximate surface area is 134 Å².